The van der Waals surface area contributed by atoms with Gasteiger partial charge in [-0.15, -0.1) is 24.8 Å². The summed E-state index contributed by atoms with van der Waals surface area (Å²) in [5, 5.41) is 6.36. The van der Waals surface area contributed by atoms with Gasteiger partial charge in [-0.1, -0.05) is 0 Å². The van der Waals surface area contributed by atoms with Gasteiger partial charge in [0.1, 0.15) is 0 Å². The minimum absolute atomic E-state index is 0. The smallest absolute Gasteiger partial charge is 0.225 e. The molecule has 2 aliphatic heterocycles. The monoisotopic (exact) mass is 354 g/mol. The van der Waals surface area contributed by atoms with E-state index in [1.54, 1.807) is 0 Å². The summed E-state index contributed by atoms with van der Waals surface area (Å²) in [6.45, 7) is 4.00. The second kappa shape index (κ2) is 10.3. The molecule has 0 spiro atoms. The van der Waals surface area contributed by atoms with Gasteiger partial charge in [0.15, 0.2) is 0 Å². The second-order valence-electron chi connectivity index (χ2n) is 6.10. The molecule has 0 aliphatic carbocycles. The Bertz CT molecular complexity index is 363. The molecule has 2 N–H and O–H groups in total. The molecule has 2 atom stereocenters. The highest BCUT2D eigenvalue weighted by molar-refractivity contribution is 5.89. The zero-order valence-electron chi connectivity index (χ0n) is 13.3. The fraction of sp³-hybridized carbons (Fsp3) is 0.857. The van der Waals surface area contributed by atoms with Crippen LogP contribution in [0.3, 0.4) is 0 Å². The molecule has 8 heteroatoms. The molecule has 0 saturated carbocycles. The number of hydrogen-bond donors (Lipinski definition) is 2. The molecule has 2 aliphatic rings. The number of rotatable bonds is 5. The summed E-state index contributed by atoms with van der Waals surface area (Å²) in [6, 6.07) is 0.224. The van der Waals surface area contributed by atoms with Crippen LogP contribution in [0.4, 0.5) is 0 Å². The largest absolute Gasteiger partial charge is 0.352 e. The molecular weight excluding hydrogens is 327 g/mol. The Kier molecular flexibility index (Phi) is 10.00. The molecule has 130 valence electrons. The highest BCUT2D eigenvalue weighted by Crippen LogP contribution is 2.18. The zero-order valence-corrected chi connectivity index (χ0v) is 15.0. The van der Waals surface area contributed by atoms with Gasteiger partial charge in [-0.2, -0.15) is 0 Å². The van der Waals surface area contributed by atoms with Crippen molar-refractivity contribution in [1.82, 2.24) is 20.4 Å². The Balaban J connectivity index is 0.00000220. The molecule has 2 fully saturated rings. The standard InChI is InChI=1S/C14H26N4O2.2ClH/c1-17(2)6-7-18-10-11(8-13(18)19)14(20)16-12-4-3-5-15-9-12;;/h11-12,15H,3-10H2,1-2H3,(H,16,20);2*1H/t11?,12-;;/m0../s1. The summed E-state index contributed by atoms with van der Waals surface area (Å²) in [6.07, 6.45) is 2.49. The zero-order chi connectivity index (χ0) is 14.5. The molecule has 2 amide bonds. The first-order chi connectivity index (χ1) is 9.56. The van der Waals surface area contributed by atoms with Crippen LogP contribution in [-0.4, -0.2) is 74.5 Å². The van der Waals surface area contributed by atoms with Crippen molar-refractivity contribution < 1.29 is 9.59 Å². The normalized spacial score (nSPS) is 24.7. The average molecular weight is 355 g/mol. The molecule has 0 radical (unpaired) electrons. The Morgan fingerprint density at radius 2 is 2.14 bits per heavy atom. The Hall–Kier alpha value is -0.560. The van der Waals surface area contributed by atoms with Crippen molar-refractivity contribution in [3.05, 3.63) is 0 Å². The van der Waals surface area contributed by atoms with E-state index in [-0.39, 0.29) is 48.6 Å². The number of likely N-dealkylation sites (tertiary alicyclic amines) is 1. The minimum Gasteiger partial charge on any atom is -0.352 e. The topological polar surface area (TPSA) is 64.7 Å². The van der Waals surface area contributed by atoms with Crippen LogP contribution in [0, 0.1) is 5.92 Å². The van der Waals surface area contributed by atoms with Gasteiger partial charge in [0.2, 0.25) is 11.8 Å². The van der Waals surface area contributed by atoms with E-state index < -0.39 is 0 Å². The van der Waals surface area contributed by atoms with Crippen molar-refractivity contribution in [2.24, 2.45) is 5.92 Å². The Morgan fingerprint density at radius 1 is 1.41 bits per heavy atom. The molecule has 0 aromatic carbocycles. The summed E-state index contributed by atoms with van der Waals surface area (Å²) < 4.78 is 0. The molecule has 6 nitrogen and oxygen atoms in total. The molecular formula is C14H28Cl2N4O2. The predicted molar refractivity (Wildman–Crippen MR) is 91.8 cm³/mol. The van der Waals surface area contributed by atoms with Gasteiger partial charge in [0.05, 0.1) is 5.92 Å². The molecule has 2 heterocycles. The highest BCUT2D eigenvalue weighted by Gasteiger charge is 2.34. The van der Waals surface area contributed by atoms with E-state index in [1.165, 1.54) is 0 Å². The number of piperidine rings is 1. The fourth-order valence-corrected chi connectivity index (χ4v) is 2.78. The van der Waals surface area contributed by atoms with Crippen LogP contribution in [0.15, 0.2) is 0 Å². The third-order valence-corrected chi connectivity index (χ3v) is 4.05. The van der Waals surface area contributed by atoms with Crippen LogP contribution < -0.4 is 10.6 Å². The van der Waals surface area contributed by atoms with Gasteiger partial charge in [-0.25, -0.2) is 0 Å². The number of amides is 2. The summed E-state index contributed by atoms with van der Waals surface area (Å²) in [4.78, 5) is 28.0. The van der Waals surface area contributed by atoms with Crippen molar-refractivity contribution in [3.63, 3.8) is 0 Å². The van der Waals surface area contributed by atoms with E-state index in [2.05, 4.69) is 10.6 Å². The number of halogens is 2. The molecule has 0 bridgehead atoms. The lowest BCUT2D eigenvalue weighted by Gasteiger charge is -2.25. The number of hydrogen-bond acceptors (Lipinski definition) is 4. The summed E-state index contributed by atoms with van der Waals surface area (Å²) in [5.41, 5.74) is 0. The lowest BCUT2D eigenvalue weighted by molar-refractivity contribution is -0.129. The van der Waals surface area contributed by atoms with Gasteiger partial charge in [0, 0.05) is 38.6 Å². The summed E-state index contributed by atoms with van der Waals surface area (Å²) >= 11 is 0. The van der Waals surface area contributed by atoms with Crippen LogP contribution in [0.2, 0.25) is 0 Å². The summed E-state index contributed by atoms with van der Waals surface area (Å²) in [5.74, 6) is -0.0280. The maximum atomic E-state index is 12.2. The first-order valence-electron chi connectivity index (χ1n) is 7.50. The van der Waals surface area contributed by atoms with Gasteiger partial charge in [-0.3, -0.25) is 9.59 Å². The third-order valence-electron chi connectivity index (χ3n) is 4.05. The lowest BCUT2D eigenvalue weighted by atomic mass is 10.0. The number of carbonyl (C=O) groups excluding carboxylic acids is 2. The maximum absolute atomic E-state index is 12.2. The van der Waals surface area contributed by atoms with E-state index in [1.807, 2.05) is 23.9 Å². The van der Waals surface area contributed by atoms with E-state index in [9.17, 15) is 9.59 Å². The van der Waals surface area contributed by atoms with Crippen molar-refractivity contribution >= 4 is 36.6 Å². The molecule has 1 unspecified atom stereocenters. The van der Waals surface area contributed by atoms with E-state index in [0.717, 1.165) is 32.5 Å². The van der Waals surface area contributed by atoms with Gasteiger partial charge >= 0.3 is 0 Å². The first kappa shape index (κ1) is 21.4. The fourth-order valence-electron chi connectivity index (χ4n) is 2.78. The van der Waals surface area contributed by atoms with Crippen LogP contribution in [0.25, 0.3) is 0 Å². The van der Waals surface area contributed by atoms with Crippen LogP contribution in [-0.2, 0) is 9.59 Å². The quantitative estimate of drug-likeness (QED) is 0.735. The average Bonchev–Trinajstić information content (AvgIpc) is 2.79. The molecule has 2 saturated heterocycles. The summed E-state index contributed by atoms with van der Waals surface area (Å²) in [7, 11) is 3.97. The Morgan fingerprint density at radius 3 is 2.73 bits per heavy atom. The van der Waals surface area contributed by atoms with E-state index >= 15 is 0 Å². The van der Waals surface area contributed by atoms with E-state index in [4.69, 9.17) is 0 Å². The van der Waals surface area contributed by atoms with Crippen molar-refractivity contribution in [2.75, 3.05) is 46.8 Å². The lowest BCUT2D eigenvalue weighted by Crippen LogP contribution is -2.47. The highest BCUT2D eigenvalue weighted by atomic mass is 35.5. The predicted octanol–water partition coefficient (Wildman–Crippen LogP) is 0.108. The molecule has 0 aromatic rings. The molecule has 22 heavy (non-hydrogen) atoms. The number of carbonyl (C=O) groups is 2. The second-order valence-corrected chi connectivity index (χ2v) is 6.10. The molecule has 2 rings (SSSR count). The maximum Gasteiger partial charge on any atom is 0.225 e. The third kappa shape index (κ3) is 6.28. The van der Waals surface area contributed by atoms with Crippen molar-refractivity contribution in [3.8, 4) is 0 Å². The van der Waals surface area contributed by atoms with Crippen molar-refractivity contribution in [2.45, 2.75) is 25.3 Å². The van der Waals surface area contributed by atoms with Crippen LogP contribution in [0.1, 0.15) is 19.3 Å². The van der Waals surface area contributed by atoms with Crippen molar-refractivity contribution in [1.29, 1.82) is 0 Å². The van der Waals surface area contributed by atoms with Crippen LogP contribution in [0.5, 0.6) is 0 Å². The van der Waals surface area contributed by atoms with Gasteiger partial charge in [0.25, 0.3) is 0 Å². The van der Waals surface area contributed by atoms with Gasteiger partial charge in [-0.05, 0) is 33.5 Å². The molecule has 0 aromatic heterocycles. The SMILES string of the molecule is CN(C)CCN1CC(C(=O)N[C@H]2CCCNC2)CC1=O.Cl.Cl. The van der Waals surface area contributed by atoms with E-state index in [0.29, 0.717) is 19.5 Å². The number of likely N-dealkylation sites (N-methyl/N-ethyl adjacent to an activating group) is 1. The number of nitrogens with one attached hydrogen (secondary N) is 2. The number of nitrogens with zero attached hydrogens (tertiary/aromatic N) is 2. The van der Waals surface area contributed by atoms with Crippen LogP contribution >= 0.6 is 24.8 Å². The first-order valence-corrected chi connectivity index (χ1v) is 7.50. The van der Waals surface area contributed by atoms with Gasteiger partial charge < -0.3 is 20.4 Å². The Labute approximate surface area is 145 Å². The minimum atomic E-state index is -0.174.